The third kappa shape index (κ3) is 3.72. The molecule has 1 N–H and O–H groups in total. The van der Waals surface area contributed by atoms with Crippen LogP contribution in [0.15, 0.2) is 48.5 Å². The van der Waals surface area contributed by atoms with E-state index in [2.05, 4.69) is 0 Å². The van der Waals surface area contributed by atoms with Crippen molar-refractivity contribution in [2.24, 2.45) is 0 Å². The van der Waals surface area contributed by atoms with Gasteiger partial charge in [-0.3, -0.25) is 0 Å². The Labute approximate surface area is 119 Å². The number of hydrogen-bond donors (Lipinski definition) is 1. The van der Waals surface area contributed by atoms with E-state index < -0.39 is 17.7 Å². The van der Waals surface area contributed by atoms with Crippen molar-refractivity contribution in [2.75, 3.05) is 0 Å². The van der Waals surface area contributed by atoms with Crippen molar-refractivity contribution < 1.29 is 23.1 Å². The number of aromatic carboxylic acids is 1. The van der Waals surface area contributed by atoms with Crippen molar-refractivity contribution in [1.29, 1.82) is 0 Å². The Bertz CT molecular complexity index is 674. The third-order valence-electron chi connectivity index (χ3n) is 2.87. The lowest BCUT2D eigenvalue weighted by Crippen LogP contribution is -2.08. The summed E-state index contributed by atoms with van der Waals surface area (Å²) in [5.74, 6) is -1.39. The number of carboxylic acids is 1. The summed E-state index contributed by atoms with van der Waals surface area (Å²) in [6.07, 6.45) is -1.43. The van der Waals surface area contributed by atoms with Crippen LogP contribution in [0, 0.1) is 0 Å². The molecule has 2 nitrogen and oxygen atoms in total. The van der Waals surface area contributed by atoms with Crippen LogP contribution in [0.1, 0.15) is 27.0 Å². The predicted octanol–water partition coefficient (Wildman–Crippen LogP) is 4.57. The highest BCUT2D eigenvalue weighted by Gasteiger charge is 2.31. The van der Waals surface area contributed by atoms with E-state index in [0.29, 0.717) is 6.07 Å². The van der Waals surface area contributed by atoms with Gasteiger partial charge in [0.15, 0.2) is 0 Å². The summed E-state index contributed by atoms with van der Waals surface area (Å²) < 4.78 is 37.8. The Balaban J connectivity index is 2.40. The zero-order valence-electron chi connectivity index (χ0n) is 10.8. The van der Waals surface area contributed by atoms with Gasteiger partial charge in [0.2, 0.25) is 0 Å². The average molecular weight is 292 g/mol. The SMILES string of the molecule is O=C(O)c1cc(C(F)(F)F)ccc1C=Cc1ccccc1. The van der Waals surface area contributed by atoms with Gasteiger partial charge in [-0.2, -0.15) is 13.2 Å². The molecule has 0 bridgehead atoms. The van der Waals surface area contributed by atoms with Gasteiger partial charge in [0.1, 0.15) is 0 Å². The standard InChI is InChI=1S/C16H11F3O2/c17-16(18,19)13-9-8-12(14(10-13)15(20)21)7-6-11-4-2-1-3-5-11/h1-10H,(H,20,21). The summed E-state index contributed by atoms with van der Waals surface area (Å²) in [4.78, 5) is 11.1. The molecule has 2 rings (SSSR count). The van der Waals surface area contributed by atoms with Crippen molar-refractivity contribution in [1.82, 2.24) is 0 Å². The second-order valence-electron chi connectivity index (χ2n) is 4.35. The van der Waals surface area contributed by atoms with E-state index in [1.165, 1.54) is 6.08 Å². The van der Waals surface area contributed by atoms with Crippen LogP contribution < -0.4 is 0 Å². The van der Waals surface area contributed by atoms with Crippen LogP contribution >= 0.6 is 0 Å². The molecule has 0 fully saturated rings. The monoisotopic (exact) mass is 292 g/mol. The molecule has 2 aromatic rings. The molecule has 0 radical (unpaired) electrons. The summed E-state index contributed by atoms with van der Waals surface area (Å²) in [5.41, 5.74) is -0.304. The van der Waals surface area contributed by atoms with E-state index in [9.17, 15) is 18.0 Å². The molecule has 0 aliphatic carbocycles. The molecule has 0 atom stereocenters. The van der Waals surface area contributed by atoms with Gasteiger partial charge in [-0.05, 0) is 23.3 Å². The maximum absolute atomic E-state index is 12.6. The van der Waals surface area contributed by atoms with Crippen molar-refractivity contribution in [2.45, 2.75) is 6.18 Å². The Hall–Kier alpha value is -2.56. The number of alkyl halides is 3. The molecule has 0 saturated carbocycles. The molecule has 21 heavy (non-hydrogen) atoms. The first-order valence-corrected chi connectivity index (χ1v) is 6.05. The van der Waals surface area contributed by atoms with Crippen molar-refractivity contribution >= 4 is 18.1 Å². The van der Waals surface area contributed by atoms with Gasteiger partial charge >= 0.3 is 12.1 Å². The molecule has 0 aromatic heterocycles. The molecule has 108 valence electrons. The van der Waals surface area contributed by atoms with Crippen molar-refractivity contribution in [3.8, 4) is 0 Å². The topological polar surface area (TPSA) is 37.3 Å². The fourth-order valence-corrected chi connectivity index (χ4v) is 1.81. The van der Waals surface area contributed by atoms with Crippen LogP contribution in [0.4, 0.5) is 13.2 Å². The zero-order chi connectivity index (χ0) is 15.5. The van der Waals surface area contributed by atoms with Crippen molar-refractivity contribution in [3.05, 3.63) is 70.8 Å². The van der Waals surface area contributed by atoms with Crippen LogP contribution in [-0.2, 0) is 6.18 Å². The highest BCUT2D eigenvalue weighted by atomic mass is 19.4. The Morgan fingerprint density at radius 2 is 1.67 bits per heavy atom. The highest BCUT2D eigenvalue weighted by Crippen LogP contribution is 2.31. The quantitative estimate of drug-likeness (QED) is 0.841. The molecule has 0 unspecified atom stereocenters. The van der Waals surface area contributed by atoms with E-state index in [0.717, 1.165) is 17.7 Å². The van der Waals surface area contributed by atoms with E-state index >= 15 is 0 Å². The minimum atomic E-state index is -4.56. The average Bonchev–Trinajstić information content (AvgIpc) is 2.45. The minimum Gasteiger partial charge on any atom is -0.478 e. The third-order valence-corrected chi connectivity index (χ3v) is 2.87. The second-order valence-corrected chi connectivity index (χ2v) is 4.35. The fraction of sp³-hybridized carbons (Fsp3) is 0.0625. The smallest absolute Gasteiger partial charge is 0.416 e. The first kappa shape index (κ1) is 14.8. The summed E-state index contributed by atoms with van der Waals surface area (Å²) in [7, 11) is 0. The van der Waals surface area contributed by atoms with Crippen LogP contribution in [0.2, 0.25) is 0 Å². The fourth-order valence-electron chi connectivity index (χ4n) is 1.81. The number of rotatable bonds is 3. The molecule has 0 heterocycles. The van der Waals surface area contributed by atoms with E-state index in [4.69, 9.17) is 5.11 Å². The maximum atomic E-state index is 12.6. The minimum absolute atomic E-state index is 0.222. The number of carbonyl (C=O) groups is 1. The number of benzene rings is 2. The first-order chi connectivity index (χ1) is 9.88. The highest BCUT2D eigenvalue weighted by molar-refractivity contribution is 5.93. The predicted molar refractivity (Wildman–Crippen MR) is 73.8 cm³/mol. The molecule has 0 aliphatic rings. The molecule has 0 aliphatic heterocycles. The van der Waals surface area contributed by atoms with Gasteiger partial charge < -0.3 is 5.11 Å². The van der Waals surface area contributed by atoms with Gasteiger partial charge in [-0.25, -0.2) is 4.79 Å². The summed E-state index contributed by atoms with van der Waals surface area (Å²) in [6.45, 7) is 0. The van der Waals surface area contributed by atoms with Crippen LogP contribution in [-0.4, -0.2) is 11.1 Å². The van der Waals surface area contributed by atoms with E-state index in [1.807, 2.05) is 18.2 Å². The molecule has 0 amide bonds. The van der Waals surface area contributed by atoms with Gasteiger partial charge in [-0.15, -0.1) is 0 Å². The maximum Gasteiger partial charge on any atom is 0.416 e. The van der Waals surface area contributed by atoms with Gasteiger partial charge in [0.25, 0.3) is 0 Å². The Morgan fingerprint density at radius 3 is 2.24 bits per heavy atom. The van der Waals surface area contributed by atoms with Gasteiger partial charge in [-0.1, -0.05) is 48.6 Å². The zero-order valence-corrected chi connectivity index (χ0v) is 10.8. The number of hydrogen-bond acceptors (Lipinski definition) is 1. The molecular formula is C16H11F3O2. The van der Waals surface area contributed by atoms with Gasteiger partial charge in [0.05, 0.1) is 11.1 Å². The van der Waals surface area contributed by atoms with E-state index in [-0.39, 0.29) is 11.1 Å². The first-order valence-electron chi connectivity index (χ1n) is 6.05. The second kappa shape index (κ2) is 5.83. The number of halogens is 3. The lowest BCUT2D eigenvalue weighted by Gasteiger charge is -2.09. The Morgan fingerprint density at radius 1 is 1.00 bits per heavy atom. The van der Waals surface area contributed by atoms with E-state index in [1.54, 1.807) is 18.2 Å². The molecule has 5 heteroatoms. The molecule has 2 aromatic carbocycles. The lowest BCUT2D eigenvalue weighted by atomic mass is 10.0. The van der Waals surface area contributed by atoms with Gasteiger partial charge in [0, 0.05) is 0 Å². The van der Waals surface area contributed by atoms with Crippen LogP contribution in [0.3, 0.4) is 0 Å². The number of carboxylic acid groups (broad SMARTS) is 1. The van der Waals surface area contributed by atoms with Crippen LogP contribution in [0.5, 0.6) is 0 Å². The normalized spacial score (nSPS) is 11.8. The Kier molecular flexibility index (Phi) is 4.12. The largest absolute Gasteiger partial charge is 0.478 e. The molecule has 0 spiro atoms. The van der Waals surface area contributed by atoms with Crippen molar-refractivity contribution in [3.63, 3.8) is 0 Å². The molecular weight excluding hydrogens is 281 g/mol. The summed E-state index contributed by atoms with van der Waals surface area (Å²) >= 11 is 0. The van der Waals surface area contributed by atoms with Crippen LogP contribution in [0.25, 0.3) is 12.2 Å². The summed E-state index contributed by atoms with van der Waals surface area (Å²) in [5, 5.41) is 9.05. The lowest BCUT2D eigenvalue weighted by molar-refractivity contribution is -0.137. The summed E-state index contributed by atoms with van der Waals surface area (Å²) in [6, 6.07) is 11.7. The molecule has 0 saturated heterocycles.